The quantitative estimate of drug-likeness (QED) is 0.294. The Kier molecular flexibility index (Phi) is 11.0. The molecular weight excluding hydrogens is 569 g/mol. The van der Waals surface area contributed by atoms with E-state index in [9.17, 15) is 18.0 Å². The fourth-order valence-electron chi connectivity index (χ4n) is 4.54. The second-order valence-electron chi connectivity index (χ2n) is 9.73. The molecule has 0 bridgehead atoms. The minimum atomic E-state index is -3.59. The van der Waals surface area contributed by atoms with Gasteiger partial charge in [0.15, 0.2) is 0 Å². The Balaban J connectivity index is 1.89. The van der Waals surface area contributed by atoms with Crippen molar-refractivity contribution in [3.63, 3.8) is 0 Å². The molecule has 0 unspecified atom stereocenters. The van der Waals surface area contributed by atoms with Gasteiger partial charge in [-0.2, -0.15) is 0 Å². The molecule has 0 saturated heterocycles. The molecule has 0 aliphatic carbocycles. The van der Waals surface area contributed by atoms with Crippen LogP contribution in [0.2, 0.25) is 10.0 Å². The van der Waals surface area contributed by atoms with Crippen molar-refractivity contribution in [2.45, 2.75) is 45.7 Å². The van der Waals surface area contributed by atoms with Crippen LogP contribution in [0.4, 0.5) is 5.69 Å². The lowest BCUT2D eigenvalue weighted by Gasteiger charge is -2.32. The van der Waals surface area contributed by atoms with Crippen molar-refractivity contribution < 1.29 is 18.0 Å². The SMILES string of the molecule is CNC(=O)[C@@H](Cc1ccccc1)N(Cc1ccc(Cl)cc1Cl)C(=O)CCCN(c1cccc(C)c1C)S(C)(=O)=O. The van der Waals surface area contributed by atoms with Crippen LogP contribution in [0, 0.1) is 13.8 Å². The van der Waals surface area contributed by atoms with Crippen LogP contribution in [-0.4, -0.2) is 51.0 Å². The molecule has 1 atom stereocenters. The van der Waals surface area contributed by atoms with Crippen LogP contribution in [0.15, 0.2) is 66.7 Å². The van der Waals surface area contributed by atoms with Gasteiger partial charge in [-0.1, -0.05) is 71.7 Å². The summed E-state index contributed by atoms with van der Waals surface area (Å²) in [6.45, 7) is 4.01. The molecule has 0 aliphatic heterocycles. The van der Waals surface area contributed by atoms with E-state index in [-0.39, 0.29) is 37.7 Å². The summed E-state index contributed by atoms with van der Waals surface area (Å²) in [5.74, 6) is -0.597. The van der Waals surface area contributed by atoms with Crippen LogP contribution in [-0.2, 0) is 32.6 Å². The smallest absolute Gasteiger partial charge is 0.242 e. The first-order valence-corrected chi connectivity index (χ1v) is 15.6. The summed E-state index contributed by atoms with van der Waals surface area (Å²) in [6, 6.07) is 19.2. The fourth-order valence-corrected chi connectivity index (χ4v) is 6.03. The van der Waals surface area contributed by atoms with Gasteiger partial charge in [-0.25, -0.2) is 8.42 Å². The Bertz CT molecular complexity index is 1450. The molecule has 1 N–H and O–H groups in total. The standard InChI is InChI=1S/C30H35Cl2N3O4S/c1-21-10-8-13-27(22(21)2)35(40(4,38)39)17-9-14-29(36)34(20-24-15-16-25(31)19-26(24)32)28(30(37)33-3)18-23-11-6-5-7-12-23/h5-8,10-13,15-16,19,28H,9,14,17-18,20H2,1-4H3,(H,33,37)/t28-/m1/s1. The van der Waals surface area contributed by atoms with Crippen molar-refractivity contribution in [2.75, 3.05) is 24.2 Å². The van der Waals surface area contributed by atoms with Gasteiger partial charge in [0.2, 0.25) is 21.8 Å². The fraction of sp³-hybridized carbons (Fsp3) is 0.333. The van der Waals surface area contributed by atoms with Gasteiger partial charge >= 0.3 is 0 Å². The second kappa shape index (κ2) is 14.0. The van der Waals surface area contributed by atoms with E-state index < -0.39 is 16.1 Å². The molecule has 0 radical (unpaired) electrons. The first-order valence-electron chi connectivity index (χ1n) is 12.9. The van der Waals surface area contributed by atoms with Crippen LogP contribution < -0.4 is 9.62 Å². The zero-order valence-electron chi connectivity index (χ0n) is 23.2. The van der Waals surface area contributed by atoms with Crippen molar-refractivity contribution in [2.24, 2.45) is 0 Å². The summed E-state index contributed by atoms with van der Waals surface area (Å²) in [5, 5.41) is 3.53. The van der Waals surface area contributed by atoms with Crippen LogP contribution in [0.5, 0.6) is 0 Å². The van der Waals surface area contributed by atoms with Gasteiger partial charge in [0, 0.05) is 43.0 Å². The molecule has 3 rings (SSSR count). The number of hydrogen-bond acceptors (Lipinski definition) is 4. The maximum Gasteiger partial charge on any atom is 0.242 e. The summed E-state index contributed by atoms with van der Waals surface area (Å²) in [4.78, 5) is 28.4. The minimum absolute atomic E-state index is 0.0321. The number of carbonyl (C=O) groups is 2. The molecule has 0 aromatic heterocycles. The monoisotopic (exact) mass is 603 g/mol. The minimum Gasteiger partial charge on any atom is -0.357 e. The molecule has 7 nitrogen and oxygen atoms in total. The summed E-state index contributed by atoms with van der Waals surface area (Å²) in [6.07, 6.45) is 1.75. The first kappa shape index (κ1) is 31.5. The number of aryl methyl sites for hydroxylation is 1. The number of carbonyl (C=O) groups excluding carboxylic acids is 2. The molecular formula is C30H35Cl2N3O4S. The molecule has 214 valence electrons. The van der Waals surface area contributed by atoms with Gasteiger partial charge in [-0.3, -0.25) is 13.9 Å². The number of benzene rings is 3. The molecule has 0 fully saturated rings. The highest BCUT2D eigenvalue weighted by atomic mass is 35.5. The number of likely N-dealkylation sites (N-methyl/N-ethyl adjacent to an activating group) is 1. The van der Waals surface area contributed by atoms with E-state index in [0.717, 1.165) is 22.9 Å². The molecule has 10 heteroatoms. The topological polar surface area (TPSA) is 86.8 Å². The average molecular weight is 605 g/mol. The number of hydrogen-bond donors (Lipinski definition) is 1. The van der Waals surface area contributed by atoms with E-state index in [1.165, 1.54) is 16.3 Å². The summed E-state index contributed by atoms with van der Waals surface area (Å²) in [5.41, 5.74) is 3.97. The lowest BCUT2D eigenvalue weighted by Crippen LogP contribution is -2.49. The number of nitrogens with one attached hydrogen (secondary N) is 1. The number of amides is 2. The molecule has 0 aliphatic rings. The number of anilines is 1. The van der Waals surface area contributed by atoms with E-state index in [1.807, 2.05) is 56.3 Å². The second-order valence-corrected chi connectivity index (χ2v) is 12.5. The lowest BCUT2D eigenvalue weighted by molar-refractivity contribution is -0.141. The summed E-state index contributed by atoms with van der Waals surface area (Å²) >= 11 is 12.5. The van der Waals surface area contributed by atoms with Crippen molar-refractivity contribution in [1.29, 1.82) is 0 Å². The Morgan fingerprint density at radius 1 is 0.975 bits per heavy atom. The van der Waals surface area contributed by atoms with E-state index >= 15 is 0 Å². The lowest BCUT2D eigenvalue weighted by atomic mass is 10.0. The van der Waals surface area contributed by atoms with Crippen molar-refractivity contribution >= 4 is 50.7 Å². The number of sulfonamides is 1. The maximum absolute atomic E-state index is 13.8. The van der Waals surface area contributed by atoms with E-state index in [2.05, 4.69) is 5.32 Å². The third-order valence-corrected chi connectivity index (χ3v) is 8.64. The number of rotatable bonds is 12. The highest BCUT2D eigenvalue weighted by Crippen LogP contribution is 2.27. The predicted molar refractivity (Wildman–Crippen MR) is 162 cm³/mol. The van der Waals surface area contributed by atoms with E-state index in [4.69, 9.17) is 23.2 Å². The first-order chi connectivity index (χ1) is 18.9. The van der Waals surface area contributed by atoms with Gasteiger partial charge in [-0.15, -0.1) is 0 Å². The van der Waals surface area contributed by atoms with Crippen LogP contribution in [0.3, 0.4) is 0 Å². The molecule has 0 spiro atoms. The number of halogens is 2. The largest absolute Gasteiger partial charge is 0.357 e. The summed E-state index contributed by atoms with van der Waals surface area (Å²) < 4.78 is 26.7. The Labute approximate surface area is 247 Å². The predicted octanol–water partition coefficient (Wildman–Crippen LogP) is 5.54. The number of nitrogens with zero attached hydrogens (tertiary/aromatic N) is 2. The van der Waals surface area contributed by atoms with Crippen LogP contribution in [0.1, 0.15) is 35.1 Å². The van der Waals surface area contributed by atoms with E-state index in [0.29, 0.717) is 27.7 Å². The summed E-state index contributed by atoms with van der Waals surface area (Å²) in [7, 11) is -2.06. The Morgan fingerprint density at radius 2 is 1.68 bits per heavy atom. The normalized spacial score (nSPS) is 12.1. The van der Waals surface area contributed by atoms with Gasteiger partial charge in [0.1, 0.15) is 6.04 Å². The Hall–Kier alpha value is -3.07. The van der Waals surface area contributed by atoms with Crippen LogP contribution in [0.25, 0.3) is 0 Å². The van der Waals surface area contributed by atoms with Gasteiger partial charge in [0.05, 0.1) is 11.9 Å². The molecule has 0 heterocycles. The highest BCUT2D eigenvalue weighted by Gasteiger charge is 2.30. The molecule has 3 aromatic rings. The van der Waals surface area contributed by atoms with Crippen molar-refractivity contribution in [1.82, 2.24) is 10.2 Å². The molecule has 2 amide bonds. The third-order valence-electron chi connectivity index (χ3n) is 6.87. The zero-order chi connectivity index (χ0) is 29.4. The Morgan fingerprint density at radius 3 is 2.30 bits per heavy atom. The highest BCUT2D eigenvalue weighted by molar-refractivity contribution is 7.92. The van der Waals surface area contributed by atoms with Crippen molar-refractivity contribution in [3.05, 3.63) is 99.0 Å². The molecule has 3 aromatic carbocycles. The average Bonchev–Trinajstić information content (AvgIpc) is 2.91. The van der Waals surface area contributed by atoms with Crippen molar-refractivity contribution in [3.8, 4) is 0 Å². The third kappa shape index (κ3) is 8.22. The van der Waals surface area contributed by atoms with E-state index in [1.54, 1.807) is 24.3 Å². The van der Waals surface area contributed by atoms with Gasteiger partial charge < -0.3 is 10.2 Å². The van der Waals surface area contributed by atoms with Crippen LogP contribution >= 0.6 is 23.2 Å². The van der Waals surface area contributed by atoms with Gasteiger partial charge in [-0.05, 0) is 60.7 Å². The maximum atomic E-state index is 13.8. The van der Waals surface area contributed by atoms with Gasteiger partial charge in [0.25, 0.3) is 0 Å². The molecule has 0 saturated carbocycles. The zero-order valence-corrected chi connectivity index (χ0v) is 25.5. The molecule has 40 heavy (non-hydrogen) atoms.